The van der Waals surface area contributed by atoms with E-state index in [1.54, 1.807) is 24.4 Å². The minimum Gasteiger partial charge on any atom is -0.264 e. The van der Waals surface area contributed by atoms with E-state index in [4.69, 9.17) is 11.6 Å². The molecule has 0 amide bonds. The first-order chi connectivity index (χ1) is 10.0. The molecule has 0 saturated carbocycles. The Morgan fingerprint density at radius 2 is 2.14 bits per heavy atom. The maximum atomic E-state index is 10.9. The lowest BCUT2D eigenvalue weighted by molar-refractivity contribution is -0.384. The second kappa shape index (κ2) is 6.48. The van der Waals surface area contributed by atoms with Crippen molar-refractivity contribution in [1.29, 1.82) is 5.26 Å². The number of nitro benzene ring substituents is 1. The summed E-state index contributed by atoms with van der Waals surface area (Å²) in [5.74, 6) is 0. The number of nitriles is 1. The smallest absolute Gasteiger partial charge is 0.264 e. The fraction of sp³-hybridized carbons (Fsp3) is 0. The maximum absolute atomic E-state index is 10.9. The standard InChI is InChI=1S/C14H7BrClN3O2/c15-11-4-10(5-12(6-11)19(20)21)14(16)13(7-17)9-2-1-3-18-8-9/h1-6,8H/b14-13+. The summed E-state index contributed by atoms with van der Waals surface area (Å²) in [6, 6.07) is 9.68. The number of aromatic nitrogens is 1. The third-order valence-electron chi connectivity index (χ3n) is 2.63. The van der Waals surface area contributed by atoms with E-state index in [0.29, 0.717) is 15.6 Å². The van der Waals surface area contributed by atoms with E-state index >= 15 is 0 Å². The molecule has 1 aromatic heterocycles. The van der Waals surface area contributed by atoms with Crippen molar-refractivity contribution in [1.82, 2.24) is 4.98 Å². The zero-order valence-electron chi connectivity index (χ0n) is 10.5. The van der Waals surface area contributed by atoms with Crippen molar-refractivity contribution in [2.75, 3.05) is 0 Å². The van der Waals surface area contributed by atoms with Gasteiger partial charge in [0, 0.05) is 40.1 Å². The molecule has 0 unspecified atom stereocenters. The molecule has 1 heterocycles. The van der Waals surface area contributed by atoms with Crippen LogP contribution in [0.5, 0.6) is 0 Å². The monoisotopic (exact) mass is 363 g/mol. The molecule has 21 heavy (non-hydrogen) atoms. The van der Waals surface area contributed by atoms with Crippen LogP contribution in [0.2, 0.25) is 0 Å². The van der Waals surface area contributed by atoms with E-state index in [1.165, 1.54) is 18.3 Å². The van der Waals surface area contributed by atoms with Gasteiger partial charge in [0.2, 0.25) is 0 Å². The van der Waals surface area contributed by atoms with Crippen LogP contribution < -0.4 is 0 Å². The fourth-order valence-electron chi connectivity index (χ4n) is 1.70. The number of pyridine rings is 1. The summed E-state index contributed by atoms with van der Waals surface area (Å²) < 4.78 is 0.508. The van der Waals surface area contributed by atoms with Crippen molar-refractivity contribution in [3.8, 4) is 6.07 Å². The first kappa shape index (κ1) is 15.2. The Balaban J connectivity index is 2.61. The van der Waals surface area contributed by atoms with Crippen LogP contribution >= 0.6 is 27.5 Å². The van der Waals surface area contributed by atoms with E-state index < -0.39 is 4.92 Å². The largest absolute Gasteiger partial charge is 0.271 e. The topological polar surface area (TPSA) is 79.8 Å². The number of nitrogens with zero attached hydrogens (tertiary/aromatic N) is 3. The molecule has 0 aliphatic carbocycles. The fourth-order valence-corrected chi connectivity index (χ4v) is 2.44. The number of hydrogen-bond donors (Lipinski definition) is 0. The molecular formula is C14H7BrClN3O2. The van der Waals surface area contributed by atoms with Crippen molar-refractivity contribution in [2.24, 2.45) is 0 Å². The van der Waals surface area contributed by atoms with E-state index in [1.807, 2.05) is 6.07 Å². The molecule has 0 saturated heterocycles. The lowest BCUT2D eigenvalue weighted by atomic mass is 10.1. The van der Waals surface area contributed by atoms with Crippen molar-refractivity contribution in [3.63, 3.8) is 0 Å². The zero-order chi connectivity index (χ0) is 15.4. The van der Waals surface area contributed by atoms with Gasteiger partial charge in [0.25, 0.3) is 5.69 Å². The van der Waals surface area contributed by atoms with Crippen LogP contribution in [0.4, 0.5) is 5.69 Å². The van der Waals surface area contributed by atoms with Crippen LogP contribution in [0.3, 0.4) is 0 Å². The van der Waals surface area contributed by atoms with Crippen LogP contribution in [-0.2, 0) is 0 Å². The van der Waals surface area contributed by atoms with Gasteiger partial charge in [-0.05, 0) is 12.1 Å². The van der Waals surface area contributed by atoms with Crippen molar-refractivity contribution in [2.45, 2.75) is 0 Å². The average Bonchev–Trinajstić information content (AvgIpc) is 2.48. The van der Waals surface area contributed by atoms with Gasteiger partial charge < -0.3 is 0 Å². The number of halogens is 2. The summed E-state index contributed by atoms with van der Waals surface area (Å²) in [6.45, 7) is 0. The SMILES string of the molecule is N#C/C(=C(\Cl)c1cc(Br)cc([N+](=O)[O-])c1)c1cccnc1. The third kappa shape index (κ3) is 3.45. The maximum Gasteiger partial charge on any atom is 0.271 e. The highest BCUT2D eigenvalue weighted by Gasteiger charge is 2.14. The highest BCUT2D eigenvalue weighted by Crippen LogP contribution is 2.33. The Labute approximate surface area is 133 Å². The lowest BCUT2D eigenvalue weighted by Crippen LogP contribution is -1.91. The molecule has 1 aromatic carbocycles. The van der Waals surface area contributed by atoms with Crippen LogP contribution in [0.1, 0.15) is 11.1 Å². The first-order valence-electron chi connectivity index (χ1n) is 5.68. The average molecular weight is 365 g/mol. The van der Waals surface area contributed by atoms with Gasteiger partial charge in [-0.15, -0.1) is 0 Å². The predicted molar refractivity (Wildman–Crippen MR) is 83.3 cm³/mol. The van der Waals surface area contributed by atoms with Crippen molar-refractivity contribution in [3.05, 3.63) is 68.4 Å². The molecule has 2 aromatic rings. The second-order valence-corrected chi connectivity index (χ2v) is 5.29. The highest BCUT2D eigenvalue weighted by atomic mass is 79.9. The first-order valence-corrected chi connectivity index (χ1v) is 6.85. The summed E-state index contributed by atoms with van der Waals surface area (Å²) >= 11 is 9.44. The predicted octanol–water partition coefficient (Wildman–Crippen LogP) is 4.38. The molecular weight excluding hydrogens is 358 g/mol. The van der Waals surface area contributed by atoms with Gasteiger partial charge in [-0.25, -0.2) is 0 Å². The van der Waals surface area contributed by atoms with E-state index in [2.05, 4.69) is 20.9 Å². The van der Waals surface area contributed by atoms with Gasteiger partial charge in [-0.3, -0.25) is 15.1 Å². The van der Waals surface area contributed by atoms with Gasteiger partial charge in [-0.1, -0.05) is 33.6 Å². The molecule has 2 rings (SSSR count). The Kier molecular flexibility index (Phi) is 4.68. The molecule has 0 bridgehead atoms. The third-order valence-corrected chi connectivity index (χ3v) is 3.49. The van der Waals surface area contributed by atoms with Crippen LogP contribution in [0.25, 0.3) is 10.6 Å². The normalized spacial score (nSPS) is 11.5. The summed E-state index contributed by atoms with van der Waals surface area (Å²) in [4.78, 5) is 14.3. The summed E-state index contributed by atoms with van der Waals surface area (Å²) in [5.41, 5.74) is 1.03. The Hall–Kier alpha value is -2.23. The van der Waals surface area contributed by atoms with E-state index in [9.17, 15) is 15.4 Å². The molecule has 0 atom stereocenters. The Bertz CT molecular complexity index is 770. The molecule has 104 valence electrons. The molecule has 0 aliphatic heterocycles. The molecule has 7 heteroatoms. The minimum absolute atomic E-state index is 0.110. The quantitative estimate of drug-likeness (QED) is 0.460. The number of nitro groups is 1. The lowest BCUT2D eigenvalue weighted by Gasteiger charge is -2.05. The number of benzene rings is 1. The highest BCUT2D eigenvalue weighted by molar-refractivity contribution is 9.10. The van der Waals surface area contributed by atoms with Gasteiger partial charge in [-0.2, -0.15) is 5.26 Å². The molecule has 5 nitrogen and oxygen atoms in total. The van der Waals surface area contributed by atoms with Crippen molar-refractivity contribution < 1.29 is 4.92 Å². The van der Waals surface area contributed by atoms with Crippen LogP contribution in [0.15, 0.2) is 47.2 Å². The molecule has 0 spiro atoms. The van der Waals surface area contributed by atoms with Crippen LogP contribution in [-0.4, -0.2) is 9.91 Å². The van der Waals surface area contributed by atoms with Gasteiger partial charge in [0.15, 0.2) is 0 Å². The second-order valence-electron chi connectivity index (χ2n) is 4.00. The number of allylic oxidation sites excluding steroid dienone is 1. The molecule has 0 N–H and O–H groups in total. The van der Waals surface area contributed by atoms with E-state index in [0.717, 1.165) is 0 Å². The Morgan fingerprint density at radius 3 is 2.71 bits per heavy atom. The van der Waals surface area contributed by atoms with Gasteiger partial charge in [0.05, 0.1) is 15.5 Å². The Morgan fingerprint density at radius 1 is 1.38 bits per heavy atom. The van der Waals surface area contributed by atoms with E-state index in [-0.39, 0.29) is 16.3 Å². The molecule has 0 radical (unpaired) electrons. The molecule has 0 fully saturated rings. The molecule has 0 aliphatic rings. The summed E-state index contributed by atoms with van der Waals surface area (Å²) in [7, 11) is 0. The summed E-state index contributed by atoms with van der Waals surface area (Å²) in [5, 5.41) is 20.3. The van der Waals surface area contributed by atoms with Gasteiger partial charge >= 0.3 is 0 Å². The summed E-state index contributed by atoms with van der Waals surface area (Å²) in [6.07, 6.45) is 3.09. The number of hydrogen-bond acceptors (Lipinski definition) is 4. The number of non-ortho nitro benzene ring substituents is 1. The number of rotatable bonds is 3. The zero-order valence-corrected chi connectivity index (χ0v) is 12.8. The van der Waals surface area contributed by atoms with Crippen LogP contribution in [0, 0.1) is 21.4 Å². The minimum atomic E-state index is -0.519. The van der Waals surface area contributed by atoms with Gasteiger partial charge in [0.1, 0.15) is 6.07 Å². The van der Waals surface area contributed by atoms with Crippen molar-refractivity contribution >= 4 is 43.8 Å².